The number of unbranched alkanes of at least 4 members (excludes halogenated alkanes) is 6. The normalized spacial score (nSPS) is 10.3. The van der Waals surface area contributed by atoms with Gasteiger partial charge >= 0.3 is 0 Å². The number of halogens is 1. The molecule has 0 heterocycles. The lowest BCUT2D eigenvalue weighted by atomic mass is 9.91. The fourth-order valence-corrected chi connectivity index (χ4v) is 10.3. The molecule has 0 aliphatic carbocycles. The Balaban J connectivity index is 0.000000246. The van der Waals surface area contributed by atoms with E-state index < -0.39 is 0 Å². The van der Waals surface area contributed by atoms with Gasteiger partial charge in [-0.15, -0.1) is 0 Å². The molecule has 0 spiro atoms. The quantitative estimate of drug-likeness (QED) is 0.0246. The van der Waals surface area contributed by atoms with E-state index in [1.165, 1.54) is 70.9 Å². The van der Waals surface area contributed by atoms with E-state index in [0.29, 0.717) is 33.4 Å². The summed E-state index contributed by atoms with van der Waals surface area (Å²) in [4.78, 5) is 0. The zero-order valence-electron chi connectivity index (χ0n) is 47.5. The van der Waals surface area contributed by atoms with Crippen molar-refractivity contribution in [1.29, 1.82) is 31.6 Å². The highest BCUT2D eigenvalue weighted by molar-refractivity contribution is 9.08. The van der Waals surface area contributed by atoms with Crippen molar-refractivity contribution in [3.05, 3.63) is 177 Å². The number of hydrogen-bond acceptors (Lipinski definition) is 10. The minimum atomic E-state index is 0. The molecule has 13 heteroatoms. The standard InChI is InChI=1S/C26H30N4.C17H9BrN2.C17H10N2.C9H22N2.2Si/c1-2-3-13-29-14-7-4-8-15-30-19-20-11-12-23-24(16-20)26(18-28)22-10-6-5-9-21(22)25(23)17-27;18-8-11-5-6-14-15(7-11)17(10-20)13-4-2-1-3-12(13)16(14)9-19;1-11-6-7-14-15(8-11)17(10-19)13-5-3-2-4-12(13)16(14)9-18;1-2-3-8-11-9-6-4-5-7-10;;/h5-6,9-12,16,29-30H,2-4,7-8,13-15,19H2,1H3;1-7H,8H2;2-8H,1H3;11H,2-10H2,1H3;;. The molecule has 9 rings (SSSR count). The number of nitrogens with zero attached hydrogens (tertiary/aromatic N) is 6. The Morgan fingerprint density at radius 3 is 1.04 bits per heavy atom. The van der Waals surface area contributed by atoms with Crippen molar-refractivity contribution in [2.75, 3.05) is 39.3 Å². The molecule has 9 aromatic rings. The molecule has 0 bridgehead atoms. The minimum Gasteiger partial charge on any atom is -0.330 e. The maximum absolute atomic E-state index is 9.80. The van der Waals surface area contributed by atoms with E-state index in [1.807, 2.05) is 122 Å². The predicted octanol–water partition coefficient (Wildman–Crippen LogP) is 14.8. The second-order valence-electron chi connectivity index (χ2n) is 19.8. The van der Waals surface area contributed by atoms with Crippen LogP contribution >= 0.6 is 15.9 Å². The van der Waals surface area contributed by atoms with Gasteiger partial charge in [0.1, 0.15) is 36.4 Å². The van der Waals surface area contributed by atoms with E-state index in [2.05, 4.69) is 94.3 Å². The summed E-state index contributed by atoms with van der Waals surface area (Å²) in [5, 5.41) is 78.7. The first-order chi connectivity index (χ1) is 39.3. The number of nitrogens with one attached hydrogen (secondary N) is 3. The Kier molecular flexibility index (Phi) is 29.2. The Morgan fingerprint density at radius 2 is 0.671 bits per heavy atom. The summed E-state index contributed by atoms with van der Waals surface area (Å²) in [6.45, 7) is 13.6. The highest BCUT2D eigenvalue weighted by Crippen LogP contribution is 2.36. The number of nitriles is 6. The van der Waals surface area contributed by atoms with Crippen molar-refractivity contribution in [1.82, 2.24) is 16.0 Å². The number of nitrogens with two attached hydrogens (primary N) is 1. The summed E-state index contributed by atoms with van der Waals surface area (Å²) < 4.78 is 0. The van der Waals surface area contributed by atoms with Crippen molar-refractivity contribution in [3.8, 4) is 36.4 Å². The van der Waals surface area contributed by atoms with Crippen LogP contribution in [0.5, 0.6) is 0 Å². The maximum Gasteiger partial charge on any atom is 0.100 e. The van der Waals surface area contributed by atoms with E-state index in [1.54, 1.807) is 0 Å². The molecule has 0 saturated carbocycles. The summed E-state index contributed by atoms with van der Waals surface area (Å²) in [5.41, 5.74) is 12.5. The lowest BCUT2D eigenvalue weighted by Crippen LogP contribution is -2.18. The second kappa shape index (κ2) is 35.9. The van der Waals surface area contributed by atoms with Gasteiger partial charge in [-0.25, -0.2) is 0 Å². The Morgan fingerprint density at radius 1 is 0.366 bits per heavy atom. The molecule has 0 aliphatic rings. The molecule has 412 valence electrons. The van der Waals surface area contributed by atoms with Crippen molar-refractivity contribution < 1.29 is 0 Å². The number of alkyl halides is 1. The van der Waals surface area contributed by atoms with Crippen LogP contribution in [0.2, 0.25) is 0 Å². The number of benzene rings is 9. The molecule has 5 N–H and O–H groups in total. The third-order valence-electron chi connectivity index (χ3n) is 14.2. The molecule has 0 unspecified atom stereocenters. The molecule has 8 radical (unpaired) electrons. The van der Waals surface area contributed by atoms with Crippen LogP contribution in [-0.4, -0.2) is 61.2 Å². The monoisotopic (exact) mass is 1170 g/mol. The minimum absolute atomic E-state index is 0. The van der Waals surface area contributed by atoms with Gasteiger partial charge in [-0.05, 0) is 108 Å². The average molecular weight is 1180 g/mol. The number of rotatable bonds is 20. The molecule has 9 aromatic carbocycles. The summed E-state index contributed by atoms with van der Waals surface area (Å²) in [6.07, 6.45) is 12.4. The first-order valence-electron chi connectivity index (χ1n) is 28.0. The fourth-order valence-electron chi connectivity index (χ4n) is 9.99. The van der Waals surface area contributed by atoms with Gasteiger partial charge in [0, 0.05) is 98.4 Å². The van der Waals surface area contributed by atoms with Crippen molar-refractivity contribution in [2.24, 2.45) is 5.73 Å². The van der Waals surface area contributed by atoms with Gasteiger partial charge in [0.2, 0.25) is 0 Å². The Hall–Kier alpha value is -7.77. The Labute approximate surface area is 502 Å². The molecule has 0 atom stereocenters. The molecular formula is C69H71BrN10Si2. The summed E-state index contributed by atoms with van der Waals surface area (Å²) in [7, 11) is 0. The van der Waals surface area contributed by atoms with Gasteiger partial charge < -0.3 is 21.7 Å². The maximum atomic E-state index is 9.80. The largest absolute Gasteiger partial charge is 0.330 e. The van der Waals surface area contributed by atoms with Crippen molar-refractivity contribution >= 4 is 102 Å². The predicted molar refractivity (Wildman–Crippen MR) is 346 cm³/mol. The SMILES string of the molecule is CCCCNCCCCCN.CCCCNCCCCCNCc1ccc2c(C#N)c3ccccc3c(C#N)c2c1.Cc1ccc2c(C#N)c3ccccc3c(C#N)c2c1.N#Cc1c2ccccc2c(C#N)c2cc(CBr)ccc12.[Si].[Si]. The summed E-state index contributed by atoms with van der Waals surface area (Å²) in [5.74, 6) is 0. The lowest BCUT2D eigenvalue weighted by Gasteiger charge is -2.11. The molecule has 0 saturated heterocycles. The molecule has 0 amide bonds. The molecule has 0 fully saturated rings. The topological polar surface area (TPSA) is 205 Å². The second-order valence-corrected chi connectivity index (χ2v) is 20.4. The average Bonchev–Trinajstić information content (AvgIpc) is 3.69. The van der Waals surface area contributed by atoms with E-state index in [4.69, 9.17) is 5.73 Å². The highest BCUT2D eigenvalue weighted by atomic mass is 79.9. The zero-order chi connectivity index (χ0) is 57.1. The van der Waals surface area contributed by atoms with E-state index >= 15 is 0 Å². The third kappa shape index (κ3) is 17.1. The molecular weight excluding hydrogens is 1100 g/mol. The van der Waals surface area contributed by atoms with Crippen LogP contribution in [0.1, 0.15) is 128 Å². The van der Waals surface area contributed by atoms with Crippen LogP contribution < -0.4 is 21.7 Å². The number of aryl methyl sites for hydroxylation is 1. The smallest absolute Gasteiger partial charge is 0.100 e. The van der Waals surface area contributed by atoms with Crippen LogP contribution in [0.4, 0.5) is 0 Å². The summed E-state index contributed by atoms with van der Waals surface area (Å²) in [6, 6.07) is 54.5. The van der Waals surface area contributed by atoms with Crippen molar-refractivity contribution in [2.45, 2.75) is 96.9 Å². The van der Waals surface area contributed by atoms with Crippen LogP contribution in [0.25, 0.3) is 64.6 Å². The fraction of sp³-hybridized carbons (Fsp3) is 0.304. The lowest BCUT2D eigenvalue weighted by molar-refractivity contribution is 0.563. The molecule has 10 nitrogen and oxygen atoms in total. The number of hydrogen-bond donors (Lipinski definition) is 4. The van der Waals surface area contributed by atoms with Gasteiger partial charge in [-0.3, -0.25) is 0 Å². The first kappa shape index (κ1) is 66.7. The van der Waals surface area contributed by atoms with Gasteiger partial charge in [-0.2, -0.15) is 31.6 Å². The van der Waals surface area contributed by atoms with Crippen LogP contribution in [0, 0.1) is 74.9 Å². The van der Waals surface area contributed by atoms with Crippen LogP contribution in [0.15, 0.2) is 127 Å². The zero-order valence-corrected chi connectivity index (χ0v) is 51.1. The first-order valence-corrected chi connectivity index (χ1v) is 29.1. The molecule has 0 aliphatic heterocycles. The van der Waals surface area contributed by atoms with E-state index in [0.717, 1.165) is 126 Å². The van der Waals surface area contributed by atoms with Crippen LogP contribution in [-0.2, 0) is 11.9 Å². The molecule has 82 heavy (non-hydrogen) atoms. The van der Waals surface area contributed by atoms with Crippen LogP contribution in [0.3, 0.4) is 0 Å². The summed E-state index contributed by atoms with van der Waals surface area (Å²) >= 11 is 3.43. The highest BCUT2D eigenvalue weighted by Gasteiger charge is 2.16. The van der Waals surface area contributed by atoms with Gasteiger partial charge in [0.05, 0.1) is 33.4 Å². The van der Waals surface area contributed by atoms with Gasteiger partial charge in [0.15, 0.2) is 0 Å². The Bertz CT molecular complexity index is 3830. The van der Waals surface area contributed by atoms with E-state index in [9.17, 15) is 31.6 Å². The van der Waals surface area contributed by atoms with E-state index in [-0.39, 0.29) is 21.9 Å². The number of fused-ring (bicyclic) bond motifs is 6. The third-order valence-corrected chi connectivity index (χ3v) is 14.8. The van der Waals surface area contributed by atoms with Crippen molar-refractivity contribution in [3.63, 3.8) is 0 Å². The van der Waals surface area contributed by atoms with Gasteiger partial charge in [-0.1, -0.05) is 176 Å². The van der Waals surface area contributed by atoms with Gasteiger partial charge in [0.25, 0.3) is 0 Å². The molecule has 0 aromatic heterocycles.